The van der Waals surface area contributed by atoms with Crippen LogP contribution in [0.4, 0.5) is 4.39 Å². The van der Waals surface area contributed by atoms with Gasteiger partial charge in [-0.2, -0.15) is 9.28 Å². The van der Waals surface area contributed by atoms with Gasteiger partial charge in [0, 0.05) is 17.7 Å². The Hall–Kier alpha value is -3.32. The van der Waals surface area contributed by atoms with Gasteiger partial charge in [0.25, 0.3) is 0 Å². The fourth-order valence-electron chi connectivity index (χ4n) is 4.04. The molecule has 1 aliphatic heterocycles. The highest BCUT2D eigenvalue weighted by atomic mass is 79.9. The van der Waals surface area contributed by atoms with Crippen molar-refractivity contribution in [2.45, 2.75) is 32.7 Å². The van der Waals surface area contributed by atoms with Crippen LogP contribution in [-0.2, 0) is 12.0 Å². The number of hydrogen-bond acceptors (Lipinski definition) is 7. The van der Waals surface area contributed by atoms with Crippen molar-refractivity contribution in [3.05, 3.63) is 46.3 Å². The first-order valence-electron chi connectivity index (χ1n) is 10.7. The number of ether oxygens (including phenoxy) is 4. The highest BCUT2D eigenvalue weighted by molar-refractivity contribution is 9.08. The van der Waals surface area contributed by atoms with Crippen molar-refractivity contribution < 1.29 is 28.1 Å². The van der Waals surface area contributed by atoms with E-state index in [-0.39, 0.29) is 53.8 Å². The van der Waals surface area contributed by atoms with E-state index in [0.29, 0.717) is 22.6 Å². The van der Waals surface area contributed by atoms with Crippen LogP contribution >= 0.6 is 16.1 Å². The van der Waals surface area contributed by atoms with Crippen LogP contribution in [0.5, 0.6) is 23.0 Å². The molecule has 8 nitrogen and oxygen atoms in total. The first-order valence-corrected chi connectivity index (χ1v) is 11.4. The predicted octanol–water partition coefficient (Wildman–Crippen LogP) is 4.81. The molecular weight excluding hydrogens is 521 g/mol. The molecule has 1 aliphatic rings. The lowest BCUT2D eigenvalue weighted by Crippen LogP contribution is -2.31. The molecule has 0 bridgehead atoms. The average Bonchev–Trinajstić information content (AvgIpc) is 3.18. The van der Waals surface area contributed by atoms with E-state index in [0.717, 1.165) is 5.56 Å². The van der Waals surface area contributed by atoms with Crippen LogP contribution in [0, 0.1) is 17.1 Å². The smallest absolute Gasteiger partial charge is 0.197 e. The Balaban J connectivity index is 2.00. The minimum absolute atomic E-state index is 0.0302. The van der Waals surface area contributed by atoms with E-state index in [1.165, 1.54) is 21.3 Å². The molecule has 0 aliphatic carbocycles. The van der Waals surface area contributed by atoms with Crippen LogP contribution in [0.2, 0.25) is 0 Å². The SMILES string of the molecule is COc1cc2c(c(F)c1OC)C(=NBr)N(CC(=O)c1cc(OCC#N)c(OC)c(C(C)(C)C)c1)C2. The number of benzene rings is 2. The summed E-state index contributed by atoms with van der Waals surface area (Å²) in [5.74, 6) is 0.443. The molecule has 0 spiro atoms. The zero-order chi connectivity index (χ0) is 25.9. The molecule has 1 heterocycles. The number of carbonyl (C=O) groups is 1. The Labute approximate surface area is 212 Å². The van der Waals surface area contributed by atoms with E-state index in [2.05, 4.69) is 20.2 Å². The maximum atomic E-state index is 15.3. The van der Waals surface area contributed by atoms with Gasteiger partial charge in [-0.3, -0.25) is 4.79 Å². The predicted molar refractivity (Wildman–Crippen MR) is 133 cm³/mol. The topological polar surface area (TPSA) is 93.4 Å². The first-order chi connectivity index (χ1) is 16.6. The summed E-state index contributed by atoms with van der Waals surface area (Å²) in [7, 11) is 4.31. The molecule has 0 fully saturated rings. The number of halogens is 2. The van der Waals surface area contributed by atoms with Gasteiger partial charge < -0.3 is 23.8 Å². The molecule has 0 N–H and O–H groups in total. The Morgan fingerprint density at radius 1 is 1.14 bits per heavy atom. The van der Waals surface area contributed by atoms with Gasteiger partial charge >= 0.3 is 0 Å². The molecule has 0 aromatic heterocycles. The van der Waals surface area contributed by atoms with Gasteiger partial charge in [-0.1, -0.05) is 20.8 Å². The van der Waals surface area contributed by atoms with E-state index in [1.807, 2.05) is 26.8 Å². The Morgan fingerprint density at radius 3 is 2.37 bits per heavy atom. The summed E-state index contributed by atoms with van der Waals surface area (Å²) in [6.07, 6.45) is 0. The Morgan fingerprint density at radius 2 is 1.83 bits per heavy atom. The maximum absolute atomic E-state index is 15.3. The standard InChI is InChI=1S/C25H27BrFN3O5/c1-25(2,3)16-9-14(10-19(22(16)33-5)35-8-7-28)17(31)13-30-12-15-11-18(32-4)23(34-6)21(27)20(15)24(30)29-26/h9-11H,8,12-13H2,1-6H3. The van der Waals surface area contributed by atoms with Gasteiger partial charge in [-0.05, 0) is 29.2 Å². The van der Waals surface area contributed by atoms with E-state index in [9.17, 15) is 4.79 Å². The average molecular weight is 548 g/mol. The van der Waals surface area contributed by atoms with E-state index in [1.54, 1.807) is 23.1 Å². The van der Waals surface area contributed by atoms with Gasteiger partial charge in [-0.25, -0.2) is 4.39 Å². The minimum atomic E-state index is -0.610. The molecule has 2 aromatic carbocycles. The first kappa shape index (κ1) is 26.3. The van der Waals surface area contributed by atoms with Crippen LogP contribution in [0.1, 0.15) is 47.8 Å². The van der Waals surface area contributed by atoms with Crippen LogP contribution in [0.25, 0.3) is 0 Å². The van der Waals surface area contributed by atoms with Crippen LogP contribution in [-0.4, -0.2) is 51.0 Å². The van der Waals surface area contributed by atoms with Crippen molar-refractivity contribution in [1.82, 2.24) is 4.90 Å². The van der Waals surface area contributed by atoms with Gasteiger partial charge in [0.2, 0.25) is 0 Å². The summed E-state index contributed by atoms with van der Waals surface area (Å²) in [4.78, 5) is 15.1. The molecule has 0 saturated carbocycles. The monoisotopic (exact) mass is 547 g/mol. The number of nitrogens with zero attached hydrogens (tertiary/aromatic N) is 3. The number of fused-ring (bicyclic) bond motifs is 1. The summed E-state index contributed by atoms with van der Waals surface area (Å²) in [5.41, 5.74) is 1.64. The van der Waals surface area contributed by atoms with Gasteiger partial charge in [0.05, 0.1) is 49.6 Å². The second-order valence-corrected chi connectivity index (χ2v) is 9.25. The summed E-state index contributed by atoms with van der Waals surface area (Å²) < 4.78 is 40.9. The fourth-order valence-corrected chi connectivity index (χ4v) is 4.45. The molecule has 0 saturated heterocycles. The van der Waals surface area contributed by atoms with Crippen molar-refractivity contribution in [3.63, 3.8) is 0 Å². The molecule has 0 unspecified atom stereocenters. The molecule has 3 rings (SSSR count). The lowest BCUT2D eigenvalue weighted by molar-refractivity contribution is 0.0962. The number of amidine groups is 1. The van der Waals surface area contributed by atoms with Crippen LogP contribution in [0.3, 0.4) is 0 Å². The lowest BCUT2D eigenvalue weighted by atomic mass is 9.84. The highest BCUT2D eigenvalue weighted by Crippen LogP contribution is 2.41. The van der Waals surface area contributed by atoms with Crippen LogP contribution < -0.4 is 18.9 Å². The van der Waals surface area contributed by atoms with E-state index >= 15 is 4.39 Å². The van der Waals surface area contributed by atoms with Gasteiger partial charge in [-0.15, -0.1) is 0 Å². The maximum Gasteiger partial charge on any atom is 0.197 e. The van der Waals surface area contributed by atoms with E-state index < -0.39 is 5.82 Å². The number of rotatable bonds is 8. The molecule has 2 aromatic rings. The summed E-state index contributed by atoms with van der Waals surface area (Å²) in [5, 5.41) is 8.97. The van der Waals surface area contributed by atoms with Gasteiger partial charge in [0.1, 0.15) is 11.9 Å². The number of carbonyl (C=O) groups excluding carboxylic acids is 1. The Bertz CT molecular complexity index is 1220. The summed E-state index contributed by atoms with van der Waals surface area (Å²) in [6.45, 7) is 5.96. The zero-order valence-corrected chi connectivity index (χ0v) is 22.1. The minimum Gasteiger partial charge on any atom is -0.493 e. The zero-order valence-electron chi connectivity index (χ0n) is 20.5. The second-order valence-electron chi connectivity index (χ2n) is 8.90. The van der Waals surface area contributed by atoms with Crippen molar-refractivity contribution in [2.75, 3.05) is 34.5 Å². The van der Waals surface area contributed by atoms with Crippen LogP contribution in [0.15, 0.2) is 22.2 Å². The normalized spacial score (nSPS) is 13.9. The molecule has 0 radical (unpaired) electrons. The number of ketones is 1. The molecule has 0 amide bonds. The number of nitriles is 1. The van der Waals surface area contributed by atoms with E-state index in [4.69, 9.17) is 24.2 Å². The molecule has 186 valence electrons. The molecule has 10 heteroatoms. The number of hydrogen-bond donors (Lipinski definition) is 0. The molecule has 35 heavy (non-hydrogen) atoms. The summed E-state index contributed by atoms with van der Waals surface area (Å²) >= 11 is 3.07. The third-order valence-corrected chi connectivity index (χ3v) is 6.01. The van der Waals surface area contributed by atoms with Gasteiger partial charge in [0.15, 0.2) is 41.2 Å². The highest BCUT2D eigenvalue weighted by Gasteiger charge is 2.34. The van der Waals surface area contributed by atoms with Crippen molar-refractivity contribution in [1.29, 1.82) is 5.26 Å². The molecular formula is C25H27BrFN3O5. The fraction of sp³-hybridized carbons (Fsp3) is 0.400. The van der Waals surface area contributed by atoms with Crippen molar-refractivity contribution in [2.24, 2.45) is 4.02 Å². The third-order valence-electron chi connectivity index (χ3n) is 5.67. The van der Waals surface area contributed by atoms with Crippen molar-refractivity contribution >= 4 is 27.8 Å². The number of methoxy groups -OCH3 is 3. The third kappa shape index (κ3) is 5.05. The largest absolute Gasteiger partial charge is 0.493 e. The van der Waals surface area contributed by atoms with Crippen molar-refractivity contribution in [3.8, 4) is 29.1 Å². The quantitative estimate of drug-likeness (QED) is 0.438. The summed E-state index contributed by atoms with van der Waals surface area (Å²) in [6, 6.07) is 6.94. The Kier molecular flexibility index (Phi) is 7.90. The second kappa shape index (κ2) is 10.5. The molecule has 0 atom stereocenters. The number of Topliss-reactive ketones (excluding diaryl/α,β-unsaturated/α-hetero) is 1. The lowest BCUT2D eigenvalue weighted by Gasteiger charge is -2.25.